The van der Waals surface area contributed by atoms with Gasteiger partial charge in [-0.2, -0.15) is 0 Å². The molecule has 1 aliphatic rings. The third-order valence-corrected chi connectivity index (χ3v) is 5.16. The highest BCUT2D eigenvalue weighted by atomic mass is 19.1. The van der Waals surface area contributed by atoms with E-state index in [9.17, 15) is 14.0 Å². The second-order valence-electron chi connectivity index (χ2n) is 7.55. The van der Waals surface area contributed by atoms with Crippen molar-refractivity contribution in [2.75, 3.05) is 31.1 Å². The molecule has 0 aromatic heterocycles. The second kappa shape index (κ2) is 8.42. The molecule has 28 heavy (non-hydrogen) atoms. The monoisotopic (exact) mass is 383 g/mol. The summed E-state index contributed by atoms with van der Waals surface area (Å²) in [6, 6.07) is 16.0. The Morgan fingerprint density at radius 3 is 2.18 bits per heavy atom. The van der Waals surface area contributed by atoms with Gasteiger partial charge in [-0.05, 0) is 43.7 Å². The van der Waals surface area contributed by atoms with Crippen LogP contribution in [-0.2, 0) is 16.1 Å². The number of amides is 2. The lowest BCUT2D eigenvalue weighted by atomic mass is 9.89. The summed E-state index contributed by atoms with van der Waals surface area (Å²) in [6.45, 7) is 6.11. The molecule has 0 bridgehead atoms. The molecule has 2 amide bonds. The molecule has 1 saturated heterocycles. The maximum atomic E-state index is 13.1. The van der Waals surface area contributed by atoms with Crippen molar-refractivity contribution in [3.05, 3.63) is 66.0 Å². The standard InChI is InChI=1S/C22H26FN3O2/c1-22(2,20(27)24-16-17-6-4-3-5-7-17)21(28)26-14-12-25(13-15-26)19-10-8-18(23)9-11-19/h3-11H,12-16H2,1-2H3,(H,24,27). The second-order valence-corrected chi connectivity index (χ2v) is 7.55. The molecule has 0 aliphatic carbocycles. The summed E-state index contributed by atoms with van der Waals surface area (Å²) >= 11 is 0. The van der Waals surface area contributed by atoms with Crippen LogP contribution in [0.25, 0.3) is 0 Å². The molecule has 1 aliphatic heterocycles. The van der Waals surface area contributed by atoms with E-state index in [4.69, 9.17) is 0 Å². The van der Waals surface area contributed by atoms with Gasteiger partial charge in [-0.3, -0.25) is 9.59 Å². The first-order valence-corrected chi connectivity index (χ1v) is 9.50. The van der Waals surface area contributed by atoms with Crippen molar-refractivity contribution >= 4 is 17.5 Å². The maximum absolute atomic E-state index is 13.1. The summed E-state index contributed by atoms with van der Waals surface area (Å²) in [5.41, 5.74) is 0.799. The normalized spacial score (nSPS) is 14.7. The average molecular weight is 383 g/mol. The van der Waals surface area contributed by atoms with Gasteiger partial charge in [0.15, 0.2) is 0 Å². The smallest absolute Gasteiger partial charge is 0.237 e. The Morgan fingerprint density at radius 1 is 0.964 bits per heavy atom. The predicted molar refractivity (Wildman–Crippen MR) is 107 cm³/mol. The summed E-state index contributed by atoms with van der Waals surface area (Å²) in [5.74, 6) is -0.708. The fourth-order valence-corrected chi connectivity index (χ4v) is 3.31. The number of benzene rings is 2. The average Bonchev–Trinajstić information content (AvgIpc) is 2.73. The third-order valence-electron chi connectivity index (χ3n) is 5.16. The van der Waals surface area contributed by atoms with E-state index < -0.39 is 5.41 Å². The molecule has 148 valence electrons. The summed E-state index contributed by atoms with van der Waals surface area (Å²) in [7, 11) is 0. The molecule has 5 nitrogen and oxygen atoms in total. The van der Waals surface area contributed by atoms with Crippen molar-refractivity contribution < 1.29 is 14.0 Å². The van der Waals surface area contributed by atoms with Gasteiger partial charge in [-0.15, -0.1) is 0 Å². The van der Waals surface area contributed by atoms with E-state index in [0.29, 0.717) is 32.7 Å². The van der Waals surface area contributed by atoms with E-state index in [1.54, 1.807) is 30.9 Å². The van der Waals surface area contributed by atoms with Gasteiger partial charge in [-0.1, -0.05) is 30.3 Å². The highest BCUT2D eigenvalue weighted by Crippen LogP contribution is 2.23. The van der Waals surface area contributed by atoms with E-state index in [-0.39, 0.29) is 17.6 Å². The Kier molecular flexibility index (Phi) is 5.97. The molecule has 2 aromatic carbocycles. The number of carbonyl (C=O) groups is 2. The zero-order valence-electron chi connectivity index (χ0n) is 16.3. The van der Waals surface area contributed by atoms with Gasteiger partial charge in [0.25, 0.3) is 0 Å². The third kappa shape index (κ3) is 4.50. The molecule has 1 N–H and O–H groups in total. The summed E-state index contributed by atoms with van der Waals surface area (Å²) in [4.78, 5) is 29.4. The van der Waals surface area contributed by atoms with Gasteiger partial charge in [0, 0.05) is 38.4 Å². The largest absolute Gasteiger partial charge is 0.368 e. The Hall–Kier alpha value is -2.89. The van der Waals surface area contributed by atoms with Crippen molar-refractivity contribution in [2.24, 2.45) is 5.41 Å². The van der Waals surface area contributed by atoms with Gasteiger partial charge in [0.05, 0.1) is 0 Å². The van der Waals surface area contributed by atoms with Crippen LogP contribution < -0.4 is 10.2 Å². The lowest BCUT2D eigenvalue weighted by Gasteiger charge is -2.39. The minimum atomic E-state index is -1.13. The Morgan fingerprint density at radius 2 is 1.57 bits per heavy atom. The van der Waals surface area contributed by atoms with Crippen molar-refractivity contribution in [1.82, 2.24) is 10.2 Å². The fourth-order valence-electron chi connectivity index (χ4n) is 3.31. The van der Waals surface area contributed by atoms with Crippen molar-refractivity contribution in [3.63, 3.8) is 0 Å². The lowest BCUT2D eigenvalue weighted by Crippen LogP contribution is -2.55. The minimum absolute atomic E-state index is 0.170. The van der Waals surface area contributed by atoms with Gasteiger partial charge in [0.2, 0.25) is 11.8 Å². The number of rotatable bonds is 5. The predicted octanol–water partition coefficient (Wildman–Crippen LogP) is 2.82. The highest BCUT2D eigenvalue weighted by molar-refractivity contribution is 6.04. The molecule has 3 rings (SSSR count). The molecular weight excluding hydrogens is 357 g/mol. The van der Waals surface area contributed by atoms with Gasteiger partial charge in [0.1, 0.15) is 11.2 Å². The van der Waals surface area contributed by atoms with Crippen LogP contribution in [0.1, 0.15) is 19.4 Å². The van der Waals surface area contributed by atoms with Crippen LogP contribution in [0.5, 0.6) is 0 Å². The zero-order valence-corrected chi connectivity index (χ0v) is 16.3. The summed E-state index contributed by atoms with van der Waals surface area (Å²) in [5, 5.41) is 2.87. The Labute approximate surface area is 165 Å². The van der Waals surface area contributed by atoms with Crippen molar-refractivity contribution in [1.29, 1.82) is 0 Å². The quantitative estimate of drug-likeness (QED) is 0.808. The molecule has 1 fully saturated rings. The Bertz CT molecular complexity index is 813. The number of carbonyl (C=O) groups excluding carboxylic acids is 2. The van der Waals surface area contributed by atoms with Crippen LogP contribution in [-0.4, -0.2) is 42.9 Å². The number of anilines is 1. The lowest BCUT2D eigenvalue weighted by molar-refractivity contribution is -0.148. The van der Waals surface area contributed by atoms with Gasteiger partial charge < -0.3 is 15.1 Å². The number of hydrogen-bond donors (Lipinski definition) is 1. The SMILES string of the molecule is CC(C)(C(=O)NCc1ccccc1)C(=O)N1CCN(c2ccc(F)cc2)CC1. The molecule has 1 heterocycles. The molecule has 6 heteroatoms. The van der Waals surface area contributed by atoms with Crippen LogP contribution in [0.4, 0.5) is 10.1 Å². The van der Waals surface area contributed by atoms with Gasteiger partial charge >= 0.3 is 0 Å². The maximum Gasteiger partial charge on any atom is 0.237 e. The molecule has 2 aromatic rings. The van der Waals surface area contributed by atoms with E-state index >= 15 is 0 Å². The molecule has 0 radical (unpaired) electrons. The molecule has 0 unspecified atom stereocenters. The number of hydrogen-bond acceptors (Lipinski definition) is 3. The molecule has 0 saturated carbocycles. The van der Waals surface area contributed by atoms with Gasteiger partial charge in [-0.25, -0.2) is 4.39 Å². The molecule has 0 atom stereocenters. The first-order chi connectivity index (χ1) is 13.4. The molecular formula is C22H26FN3O2. The number of nitrogens with one attached hydrogen (secondary N) is 1. The van der Waals surface area contributed by atoms with Crippen LogP contribution in [0, 0.1) is 11.2 Å². The van der Waals surface area contributed by atoms with Crippen LogP contribution >= 0.6 is 0 Å². The zero-order chi connectivity index (χ0) is 20.1. The summed E-state index contributed by atoms with van der Waals surface area (Å²) in [6.07, 6.45) is 0. The minimum Gasteiger partial charge on any atom is -0.368 e. The topological polar surface area (TPSA) is 52.7 Å². The van der Waals surface area contributed by atoms with E-state index in [1.165, 1.54) is 12.1 Å². The van der Waals surface area contributed by atoms with E-state index in [0.717, 1.165) is 11.3 Å². The number of nitrogens with zero attached hydrogens (tertiary/aromatic N) is 2. The van der Waals surface area contributed by atoms with Crippen molar-refractivity contribution in [2.45, 2.75) is 20.4 Å². The first-order valence-electron chi connectivity index (χ1n) is 9.50. The van der Waals surface area contributed by atoms with E-state index in [2.05, 4.69) is 10.2 Å². The first kappa shape index (κ1) is 19.9. The van der Waals surface area contributed by atoms with E-state index in [1.807, 2.05) is 30.3 Å². The summed E-state index contributed by atoms with van der Waals surface area (Å²) < 4.78 is 13.1. The number of piperazine rings is 1. The van der Waals surface area contributed by atoms with Crippen molar-refractivity contribution in [3.8, 4) is 0 Å². The highest BCUT2D eigenvalue weighted by Gasteiger charge is 2.39. The number of halogens is 1. The fraction of sp³-hybridized carbons (Fsp3) is 0.364. The van der Waals surface area contributed by atoms with Crippen LogP contribution in [0.15, 0.2) is 54.6 Å². The van der Waals surface area contributed by atoms with Crippen LogP contribution in [0.3, 0.4) is 0 Å². The Balaban J connectivity index is 1.55. The van der Waals surface area contributed by atoms with Crippen LogP contribution in [0.2, 0.25) is 0 Å². The molecule has 0 spiro atoms.